The van der Waals surface area contributed by atoms with Crippen molar-refractivity contribution in [2.75, 3.05) is 26.2 Å². The lowest BCUT2D eigenvalue weighted by Crippen LogP contribution is -2.46. The zero-order valence-corrected chi connectivity index (χ0v) is 16.9. The molecule has 0 radical (unpaired) electrons. The van der Waals surface area contributed by atoms with Crippen LogP contribution in [-0.2, 0) is 13.2 Å². The number of hydrogen-bond donors (Lipinski definition) is 0. The minimum atomic E-state index is 0.592. The molecule has 6 heteroatoms. The van der Waals surface area contributed by atoms with E-state index in [-0.39, 0.29) is 0 Å². The number of benzene rings is 1. The van der Waals surface area contributed by atoms with E-state index in [1.807, 2.05) is 33.5 Å². The SMILES string of the molecule is CC(C)c1ccc(CN2CCN(Cn3nc4ccccn4c3=S)CC2)cc1. The van der Waals surface area contributed by atoms with E-state index >= 15 is 0 Å². The van der Waals surface area contributed by atoms with Crippen LogP contribution in [0.15, 0.2) is 48.7 Å². The van der Waals surface area contributed by atoms with Gasteiger partial charge in [0, 0.05) is 38.9 Å². The van der Waals surface area contributed by atoms with E-state index < -0.39 is 0 Å². The van der Waals surface area contributed by atoms with Gasteiger partial charge >= 0.3 is 0 Å². The van der Waals surface area contributed by atoms with Crippen LogP contribution < -0.4 is 0 Å². The highest BCUT2D eigenvalue weighted by Gasteiger charge is 2.18. The Morgan fingerprint density at radius 1 is 0.963 bits per heavy atom. The molecule has 3 aromatic rings. The average molecular weight is 382 g/mol. The first-order valence-electron chi connectivity index (χ1n) is 9.68. The standard InChI is InChI=1S/C21H27N5S/c1-17(2)19-8-6-18(7-9-19)15-23-11-13-24(14-12-23)16-26-21(27)25-10-4-3-5-20(25)22-26/h3-10,17H,11-16H2,1-2H3. The van der Waals surface area contributed by atoms with Gasteiger partial charge in [0.05, 0.1) is 6.67 Å². The first kappa shape index (κ1) is 18.3. The van der Waals surface area contributed by atoms with Crippen LogP contribution >= 0.6 is 12.2 Å². The number of fused-ring (bicyclic) bond motifs is 1. The van der Waals surface area contributed by atoms with Crippen molar-refractivity contribution in [2.45, 2.75) is 33.0 Å². The molecule has 2 aromatic heterocycles. The Labute approximate surface area is 165 Å². The van der Waals surface area contributed by atoms with Crippen molar-refractivity contribution < 1.29 is 0 Å². The Morgan fingerprint density at radius 3 is 2.33 bits per heavy atom. The summed E-state index contributed by atoms with van der Waals surface area (Å²) in [5.41, 5.74) is 3.72. The predicted molar refractivity (Wildman–Crippen MR) is 111 cm³/mol. The molecule has 0 spiro atoms. The number of rotatable bonds is 5. The number of piperazine rings is 1. The summed E-state index contributed by atoms with van der Waals surface area (Å²) >= 11 is 5.56. The van der Waals surface area contributed by atoms with Crippen LogP contribution in [0.4, 0.5) is 0 Å². The third-order valence-corrected chi connectivity index (χ3v) is 5.75. The lowest BCUT2D eigenvalue weighted by Gasteiger charge is -2.34. The lowest BCUT2D eigenvalue weighted by molar-refractivity contribution is 0.0983. The largest absolute Gasteiger partial charge is 0.297 e. The molecule has 0 saturated carbocycles. The molecule has 0 unspecified atom stereocenters. The molecule has 0 N–H and O–H groups in total. The monoisotopic (exact) mass is 381 g/mol. The van der Waals surface area contributed by atoms with Gasteiger partial charge in [-0.05, 0) is 41.4 Å². The van der Waals surface area contributed by atoms with Gasteiger partial charge in [-0.1, -0.05) is 44.2 Å². The Kier molecular flexibility index (Phi) is 5.38. The molecule has 1 fully saturated rings. The van der Waals surface area contributed by atoms with E-state index in [2.05, 4.69) is 53.0 Å². The molecule has 1 aromatic carbocycles. The van der Waals surface area contributed by atoms with Crippen LogP contribution in [0.25, 0.3) is 5.65 Å². The van der Waals surface area contributed by atoms with Gasteiger partial charge in [0.15, 0.2) is 5.65 Å². The smallest absolute Gasteiger partial charge is 0.203 e. The maximum absolute atomic E-state index is 5.56. The molecule has 142 valence electrons. The van der Waals surface area contributed by atoms with Crippen molar-refractivity contribution in [3.8, 4) is 0 Å². The minimum Gasteiger partial charge on any atom is -0.297 e. The highest BCUT2D eigenvalue weighted by atomic mass is 32.1. The van der Waals surface area contributed by atoms with Crippen molar-refractivity contribution in [2.24, 2.45) is 0 Å². The summed E-state index contributed by atoms with van der Waals surface area (Å²) in [6.07, 6.45) is 1.98. The van der Waals surface area contributed by atoms with Gasteiger partial charge < -0.3 is 0 Å². The maximum Gasteiger partial charge on any atom is 0.203 e. The summed E-state index contributed by atoms with van der Waals surface area (Å²) < 4.78 is 4.66. The molecule has 0 aliphatic carbocycles. The van der Waals surface area contributed by atoms with E-state index in [1.165, 1.54) is 11.1 Å². The van der Waals surface area contributed by atoms with Crippen molar-refractivity contribution in [1.82, 2.24) is 24.0 Å². The lowest BCUT2D eigenvalue weighted by atomic mass is 10.0. The molecular formula is C21H27N5S. The van der Waals surface area contributed by atoms with Gasteiger partial charge in [-0.25, -0.2) is 4.68 Å². The first-order valence-corrected chi connectivity index (χ1v) is 10.1. The minimum absolute atomic E-state index is 0.592. The van der Waals surface area contributed by atoms with Crippen LogP contribution in [-0.4, -0.2) is 50.2 Å². The predicted octanol–water partition coefficient (Wildman–Crippen LogP) is 3.76. The normalized spacial score (nSPS) is 16.4. The quantitative estimate of drug-likeness (QED) is 0.629. The van der Waals surface area contributed by atoms with Crippen molar-refractivity contribution in [1.29, 1.82) is 0 Å². The molecule has 4 rings (SSSR count). The van der Waals surface area contributed by atoms with Gasteiger partial charge in [-0.2, -0.15) is 5.10 Å². The Bertz CT molecular complexity index is 949. The van der Waals surface area contributed by atoms with Crippen molar-refractivity contribution >= 4 is 17.9 Å². The fourth-order valence-electron chi connectivity index (χ4n) is 3.60. The zero-order chi connectivity index (χ0) is 18.8. The molecule has 5 nitrogen and oxygen atoms in total. The van der Waals surface area contributed by atoms with Gasteiger partial charge in [0.2, 0.25) is 4.77 Å². The van der Waals surface area contributed by atoms with E-state index in [1.54, 1.807) is 0 Å². The van der Waals surface area contributed by atoms with E-state index in [4.69, 9.17) is 12.2 Å². The maximum atomic E-state index is 5.56. The molecule has 1 saturated heterocycles. The summed E-state index contributed by atoms with van der Waals surface area (Å²) in [5, 5.41) is 4.64. The second kappa shape index (κ2) is 7.92. The van der Waals surface area contributed by atoms with E-state index in [0.29, 0.717) is 5.92 Å². The third-order valence-electron chi connectivity index (χ3n) is 5.34. The summed E-state index contributed by atoms with van der Waals surface area (Å²) in [4.78, 5) is 4.96. The van der Waals surface area contributed by atoms with Crippen molar-refractivity contribution in [3.05, 3.63) is 64.6 Å². The zero-order valence-electron chi connectivity index (χ0n) is 16.1. The van der Waals surface area contributed by atoms with Crippen LogP contribution in [0.1, 0.15) is 30.9 Å². The Balaban J connectivity index is 1.33. The fraction of sp³-hybridized carbons (Fsp3) is 0.429. The Morgan fingerprint density at radius 2 is 1.67 bits per heavy atom. The Hall–Kier alpha value is -2.02. The highest BCUT2D eigenvalue weighted by Crippen LogP contribution is 2.16. The van der Waals surface area contributed by atoms with Crippen LogP contribution in [0, 0.1) is 4.77 Å². The molecule has 3 heterocycles. The molecular weight excluding hydrogens is 354 g/mol. The third kappa shape index (κ3) is 4.13. The van der Waals surface area contributed by atoms with Gasteiger partial charge in [0.1, 0.15) is 0 Å². The van der Waals surface area contributed by atoms with E-state index in [0.717, 1.165) is 49.8 Å². The second-order valence-electron chi connectivity index (χ2n) is 7.64. The topological polar surface area (TPSA) is 28.7 Å². The second-order valence-corrected chi connectivity index (χ2v) is 8.01. The van der Waals surface area contributed by atoms with Gasteiger partial charge in [-0.15, -0.1) is 0 Å². The van der Waals surface area contributed by atoms with E-state index in [9.17, 15) is 0 Å². The molecule has 1 aliphatic rings. The van der Waals surface area contributed by atoms with Crippen LogP contribution in [0.3, 0.4) is 0 Å². The number of nitrogens with zero attached hydrogens (tertiary/aromatic N) is 5. The molecule has 0 amide bonds. The molecule has 27 heavy (non-hydrogen) atoms. The molecule has 0 atom stereocenters. The van der Waals surface area contributed by atoms with Gasteiger partial charge in [-0.3, -0.25) is 14.2 Å². The number of hydrogen-bond acceptors (Lipinski definition) is 4. The highest BCUT2D eigenvalue weighted by molar-refractivity contribution is 7.71. The molecule has 1 aliphatic heterocycles. The summed E-state index contributed by atoms with van der Waals surface area (Å²) in [6, 6.07) is 15.1. The summed E-state index contributed by atoms with van der Waals surface area (Å²) in [7, 11) is 0. The fourth-order valence-corrected chi connectivity index (χ4v) is 3.86. The number of aromatic nitrogens is 3. The first-order chi connectivity index (χ1) is 13.1. The molecule has 0 bridgehead atoms. The average Bonchev–Trinajstić information content (AvgIpc) is 3.00. The summed E-state index contributed by atoms with van der Waals surface area (Å²) in [5.74, 6) is 0.592. The van der Waals surface area contributed by atoms with Crippen molar-refractivity contribution in [3.63, 3.8) is 0 Å². The summed E-state index contributed by atoms with van der Waals surface area (Å²) in [6.45, 7) is 10.5. The van der Waals surface area contributed by atoms with Crippen LogP contribution in [0.5, 0.6) is 0 Å². The van der Waals surface area contributed by atoms with Gasteiger partial charge in [0.25, 0.3) is 0 Å². The van der Waals surface area contributed by atoms with Crippen LogP contribution in [0.2, 0.25) is 0 Å². The number of pyridine rings is 1.